The molecule has 0 aliphatic heterocycles. The van der Waals surface area contributed by atoms with Crippen LogP contribution in [0.2, 0.25) is 0 Å². The molecule has 0 heterocycles. The molecule has 9 heteroatoms. The largest absolute Gasteiger partial charge is 0.502 e. The quantitative estimate of drug-likeness (QED) is 0.632. The highest BCUT2D eigenvalue weighted by atomic mass is 32.2. The highest BCUT2D eigenvalue weighted by Crippen LogP contribution is 2.31. The predicted molar refractivity (Wildman–Crippen MR) is 86.0 cm³/mol. The lowest BCUT2D eigenvalue weighted by atomic mass is 10.3. The fourth-order valence-electron chi connectivity index (χ4n) is 2.07. The number of aromatic hydroxyl groups is 1. The van der Waals surface area contributed by atoms with Gasteiger partial charge in [0.25, 0.3) is 10.0 Å². The van der Waals surface area contributed by atoms with Gasteiger partial charge in [0.05, 0.1) is 28.0 Å². The normalized spacial score (nSPS) is 10.8. The Morgan fingerprint density at radius 1 is 1.21 bits per heavy atom. The first-order valence-corrected chi connectivity index (χ1v) is 8.24. The third-order valence-electron chi connectivity index (χ3n) is 3.20. The van der Waals surface area contributed by atoms with Crippen molar-refractivity contribution in [1.29, 1.82) is 5.26 Å². The number of sulfonamides is 1. The van der Waals surface area contributed by atoms with Crippen molar-refractivity contribution < 1.29 is 18.4 Å². The second-order valence-corrected chi connectivity index (χ2v) is 6.59. The molecule has 124 valence electrons. The Morgan fingerprint density at radius 3 is 2.46 bits per heavy atom. The van der Waals surface area contributed by atoms with Crippen molar-refractivity contribution in [1.82, 2.24) is 0 Å². The summed E-state index contributed by atoms with van der Waals surface area (Å²) in [6.45, 7) is -0.0997. The van der Waals surface area contributed by atoms with Gasteiger partial charge < -0.3 is 5.11 Å². The zero-order valence-corrected chi connectivity index (χ0v) is 13.2. The molecule has 1 N–H and O–H groups in total. The average molecular weight is 347 g/mol. The molecule has 0 aromatic heterocycles. The Kier molecular flexibility index (Phi) is 5.01. The van der Waals surface area contributed by atoms with Crippen LogP contribution in [0.25, 0.3) is 0 Å². The van der Waals surface area contributed by atoms with Crippen molar-refractivity contribution in [2.24, 2.45) is 0 Å². The predicted octanol–water partition coefficient (Wildman–Crippen LogP) is 2.41. The number of benzene rings is 2. The van der Waals surface area contributed by atoms with Crippen LogP contribution in [0.15, 0.2) is 53.4 Å². The van der Waals surface area contributed by atoms with Crippen molar-refractivity contribution in [3.63, 3.8) is 0 Å². The van der Waals surface area contributed by atoms with Gasteiger partial charge in [-0.25, -0.2) is 8.42 Å². The molecule has 0 aliphatic carbocycles. The van der Waals surface area contributed by atoms with E-state index in [-0.39, 0.29) is 17.9 Å². The Bertz CT molecular complexity index is 891. The number of hydrogen-bond acceptors (Lipinski definition) is 6. The van der Waals surface area contributed by atoms with Gasteiger partial charge >= 0.3 is 5.69 Å². The summed E-state index contributed by atoms with van der Waals surface area (Å²) < 4.78 is 26.7. The lowest BCUT2D eigenvalue weighted by molar-refractivity contribution is -0.386. The fourth-order valence-corrected chi connectivity index (χ4v) is 3.56. The van der Waals surface area contributed by atoms with E-state index in [0.717, 1.165) is 22.5 Å². The van der Waals surface area contributed by atoms with Crippen LogP contribution < -0.4 is 4.31 Å². The minimum absolute atomic E-state index is 0.0473. The van der Waals surface area contributed by atoms with Gasteiger partial charge in [0.15, 0.2) is 5.75 Å². The number of nitrogens with zero attached hydrogens (tertiary/aromatic N) is 3. The molecule has 0 radical (unpaired) electrons. The number of nitro groups is 1. The van der Waals surface area contributed by atoms with Crippen LogP contribution in [0.3, 0.4) is 0 Å². The Labute approximate surface area is 138 Å². The van der Waals surface area contributed by atoms with E-state index in [1.807, 2.05) is 6.07 Å². The smallest absolute Gasteiger partial charge is 0.312 e. The molecule has 0 saturated carbocycles. The van der Waals surface area contributed by atoms with Crippen LogP contribution in [0, 0.1) is 21.4 Å². The van der Waals surface area contributed by atoms with Crippen molar-refractivity contribution in [3.8, 4) is 11.8 Å². The van der Waals surface area contributed by atoms with Crippen molar-refractivity contribution in [2.75, 3.05) is 10.8 Å². The summed E-state index contributed by atoms with van der Waals surface area (Å²) in [6, 6.07) is 12.8. The van der Waals surface area contributed by atoms with E-state index < -0.39 is 26.4 Å². The number of para-hydroxylation sites is 1. The fraction of sp³-hybridized carbons (Fsp3) is 0.133. The standard InChI is InChI=1S/C15H13N3O5S/c16-9-4-10-17(12-5-2-1-3-6-12)24(22,23)13-7-8-15(19)14(11-13)18(20)21/h1-3,5-8,11,19H,4,10H2. The van der Waals surface area contributed by atoms with Crippen LogP contribution in [-0.4, -0.2) is 25.0 Å². The number of nitro benzene ring substituents is 1. The number of rotatable bonds is 6. The molecule has 0 fully saturated rings. The number of nitriles is 1. The lowest BCUT2D eigenvalue weighted by Gasteiger charge is -2.23. The second-order valence-electron chi connectivity index (χ2n) is 4.73. The molecule has 2 rings (SSSR count). The third-order valence-corrected chi connectivity index (χ3v) is 5.03. The highest BCUT2D eigenvalue weighted by molar-refractivity contribution is 7.92. The molecule has 0 unspecified atom stereocenters. The average Bonchev–Trinajstić information content (AvgIpc) is 2.56. The lowest BCUT2D eigenvalue weighted by Crippen LogP contribution is -2.31. The van der Waals surface area contributed by atoms with Gasteiger partial charge in [0.1, 0.15) is 0 Å². The molecule has 0 bridgehead atoms. The summed E-state index contributed by atoms with van der Waals surface area (Å²) >= 11 is 0. The third kappa shape index (κ3) is 3.44. The number of phenolic OH excluding ortho intramolecular Hbond substituents is 1. The van der Waals surface area contributed by atoms with E-state index in [1.54, 1.807) is 30.3 Å². The molecule has 8 nitrogen and oxygen atoms in total. The topological polar surface area (TPSA) is 125 Å². The summed E-state index contributed by atoms with van der Waals surface area (Å²) in [5.74, 6) is -0.623. The van der Waals surface area contributed by atoms with Gasteiger partial charge in [-0.1, -0.05) is 18.2 Å². The number of hydrogen-bond donors (Lipinski definition) is 1. The second kappa shape index (κ2) is 6.97. The minimum atomic E-state index is -4.13. The van der Waals surface area contributed by atoms with Gasteiger partial charge in [0.2, 0.25) is 0 Å². The van der Waals surface area contributed by atoms with E-state index in [1.165, 1.54) is 0 Å². The van der Waals surface area contributed by atoms with Crippen molar-refractivity contribution >= 4 is 21.4 Å². The van der Waals surface area contributed by atoms with Gasteiger partial charge in [-0.2, -0.15) is 5.26 Å². The van der Waals surface area contributed by atoms with Gasteiger partial charge in [-0.05, 0) is 24.3 Å². The van der Waals surface area contributed by atoms with Crippen LogP contribution in [0.4, 0.5) is 11.4 Å². The van der Waals surface area contributed by atoms with Crippen LogP contribution in [0.1, 0.15) is 6.42 Å². The van der Waals surface area contributed by atoms with Gasteiger partial charge in [-0.3, -0.25) is 14.4 Å². The Morgan fingerprint density at radius 2 is 1.88 bits per heavy atom. The molecule has 0 atom stereocenters. The summed E-state index contributed by atoms with van der Waals surface area (Å²) in [6.07, 6.45) is -0.0473. The minimum Gasteiger partial charge on any atom is -0.502 e. The molecule has 24 heavy (non-hydrogen) atoms. The molecule has 0 spiro atoms. The molecule has 0 aliphatic rings. The van der Waals surface area contributed by atoms with E-state index in [4.69, 9.17) is 5.26 Å². The Balaban J connectivity index is 2.55. The summed E-state index contributed by atoms with van der Waals surface area (Å²) in [7, 11) is -4.13. The maximum Gasteiger partial charge on any atom is 0.312 e. The maximum absolute atomic E-state index is 12.8. The summed E-state index contributed by atoms with van der Waals surface area (Å²) in [5, 5.41) is 29.1. The van der Waals surface area contributed by atoms with Crippen molar-refractivity contribution in [2.45, 2.75) is 11.3 Å². The van der Waals surface area contributed by atoms with Crippen LogP contribution in [-0.2, 0) is 10.0 Å². The van der Waals surface area contributed by atoms with E-state index in [2.05, 4.69) is 0 Å². The molecule has 0 amide bonds. The first kappa shape index (κ1) is 17.2. The molecule has 2 aromatic rings. The van der Waals surface area contributed by atoms with E-state index in [0.29, 0.717) is 5.69 Å². The first-order valence-electron chi connectivity index (χ1n) is 6.80. The SMILES string of the molecule is N#CCCN(c1ccccc1)S(=O)(=O)c1ccc(O)c([N+](=O)[O-])c1. The molecule has 2 aromatic carbocycles. The van der Waals surface area contributed by atoms with Crippen LogP contribution in [0.5, 0.6) is 5.75 Å². The van der Waals surface area contributed by atoms with E-state index >= 15 is 0 Å². The zero-order chi connectivity index (χ0) is 17.7. The monoisotopic (exact) mass is 347 g/mol. The van der Waals surface area contributed by atoms with E-state index in [9.17, 15) is 23.6 Å². The van der Waals surface area contributed by atoms with Gasteiger partial charge in [-0.15, -0.1) is 0 Å². The first-order chi connectivity index (χ1) is 11.4. The van der Waals surface area contributed by atoms with Gasteiger partial charge in [0, 0.05) is 12.6 Å². The molecular formula is C15H13N3O5S. The Hall–Kier alpha value is -3.12. The molecular weight excluding hydrogens is 334 g/mol. The summed E-state index contributed by atoms with van der Waals surface area (Å²) in [4.78, 5) is 9.70. The van der Waals surface area contributed by atoms with Crippen molar-refractivity contribution in [3.05, 3.63) is 58.6 Å². The van der Waals surface area contributed by atoms with Crippen LogP contribution >= 0.6 is 0 Å². The number of phenols is 1. The zero-order valence-electron chi connectivity index (χ0n) is 12.4. The highest BCUT2D eigenvalue weighted by Gasteiger charge is 2.27. The maximum atomic E-state index is 12.8. The summed E-state index contributed by atoms with van der Waals surface area (Å²) in [5.41, 5.74) is -0.368. The molecule has 0 saturated heterocycles. The number of anilines is 1.